The van der Waals surface area contributed by atoms with Gasteiger partial charge in [-0.25, -0.2) is 4.79 Å². The van der Waals surface area contributed by atoms with E-state index in [0.717, 1.165) is 22.2 Å². The number of anilines is 1. The lowest BCUT2D eigenvalue weighted by Gasteiger charge is -2.21. The van der Waals surface area contributed by atoms with Gasteiger partial charge in [-0.15, -0.1) is 0 Å². The van der Waals surface area contributed by atoms with Crippen LogP contribution < -0.4 is 4.90 Å². The van der Waals surface area contributed by atoms with Crippen molar-refractivity contribution in [2.24, 2.45) is 0 Å². The Labute approximate surface area is 133 Å². The molecule has 116 valence electrons. The number of nitrogens with zero attached hydrogens (tertiary/aromatic N) is 1. The summed E-state index contributed by atoms with van der Waals surface area (Å²) in [7, 11) is 0. The Morgan fingerprint density at radius 1 is 1.09 bits per heavy atom. The lowest BCUT2D eigenvalue weighted by molar-refractivity contribution is -0.116. The van der Waals surface area contributed by atoms with Crippen LogP contribution in [0.15, 0.2) is 54.6 Å². The molecule has 2 aromatic carbocycles. The summed E-state index contributed by atoms with van der Waals surface area (Å²) in [4.78, 5) is 27.7. The zero-order valence-electron chi connectivity index (χ0n) is 12.6. The molecular weight excluding hydrogens is 292 g/mol. The number of H-pyrrole nitrogens is 1. The van der Waals surface area contributed by atoms with Gasteiger partial charge in [0.2, 0.25) is 5.91 Å². The Hall–Kier alpha value is -3.08. The number of hydrogen-bond acceptors (Lipinski definition) is 2. The van der Waals surface area contributed by atoms with E-state index in [1.54, 1.807) is 11.0 Å². The molecule has 1 amide bonds. The summed E-state index contributed by atoms with van der Waals surface area (Å²) in [6.07, 6.45) is 0. The fourth-order valence-corrected chi connectivity index (χ4v) is 2.63. The number of fused-ring (bicyclic) bond motifs is 1. The topological polar surface area (TPSA) is 73.4 Å². The average Bonchev–Trinajstić information content (AvgIpc) is 2.98. The lowest BCUT2D eigenvalue weighted by Crippen LogP contribution is -2.27. The molecule has 1 aromatic heterocycles. The van der Waals surface area contributed by atoms with Crippen LogP contribution in [0.4, 0.5) is 5.69 Å². The van der Waals surface area contributed by atoms with Crippen LogP contribution in [0.25, 0.3) is 10.9 Å². The summed E-state index contributed by atoms with van der Waals surface area (Å²) in [5.41, 5.74) is 2.59. The molecular formula is C18H16N2O3. The van der Waals surface area contributed by atoms with Gasteiger partial charge in [0.15, 0.2) is 0 Å². The number of para-hydroxylation sites is 1. The highest BCUT2D eigenvalue weighted by molar-refractivity contribution is 5.96. The van der Waals surface area contributed by atoms with Gasteiger partial charge in [0.1, 0.15) is 5.69 Å². The van der Waals surface area contributed by atoms with E-state index in [0.29, 0.717) is 6.54 Å². The van der Waals surface area contributed by atoms with E-state index < -0.39 is 5.97 Å². The van der Waals surface area contributed by atoms with Gasteiger partial charge in [-0.05, 0) is 29.8 Å². The van der Waals surface area contributed by atoms with Gasteiger partial charge in [0.05, 0.1) is 6.54 Å². The number of rotatable bonds is 4. The van der Waals surface area contributed by atoms with Crippen LogP contribution in [-0.2, 0) is 11.3 Å². The van der Waals surface area contributed by atoms with Crippen LogP contribution in [0, 0.1) is 0 Å². The predicted octanol–water partition coefficient (Wildman–Crippen LogP) is 3.42. The molecule has 0 aliphatic rings. The van der Waals surface area contributed by atoms with E-state index in [1.165, 1.54) is 6.92 Å². The van der Waals surface area contributed by atoms with Crippen molar-refractivity contribution < 1.29 is 14.7 Å². The standard InChI is InChI=1S/C18H16N2O3/c1-12(21)20(14-7-3-2-4-8-14)11-13-6-5-9-16-15(13)10-17(19-16)18(22)23/h2-10,19H,11H2,1H3,(H,22,23). The normalized spacial score (nSPS) is 10.7. The largest absolute Gasteiger partial charge is 0.477 e. The predicted molar refractivity (Wildman–Crippen MR) is 88.6 cm³/mol. The minimum atomic E-state index is -1.00. The summed E-state index contributed by atoms with van der Waals surface area (Å²) in [6.45, 7) is 1.90. The van der Waals surface area contributed by atoms with Crippen molar-refractivity contribution in [1.82, 2.24) is 4.98 Å². The number of aromatic carboxylic acids is 1. The molecule has 0 spiro atoms. The van der Waals surface area contributed by atoms with Crippen molar-refractivity contribution >= 4 is 28.5 Å². The van der Waals surface area contributed by atoms with Crippen molar-refractivity contribution in [1.29, 1.82) is 0 Å². The monoisotopic (exact) mass is 308 g/mol. The van der Waals surface area contributed by atoms with Gasteiger partial charge in [0.25, 0.3) is 0 Å². The van der Waals surface area contributed by atoms with E-state index >= 15 is 0 Å². The van der Waals surface area contributed by atoms with Crippen molar-refractivity contribution in [2.75, 3.05) is 4.90 Å². The van der Waals surface area contributed by atoms with E-state index in [4.69, 9.17) is 5.11 Å². The first-order valence-corrected chi connectivity index (χ1v) is 7.23. The number of carbonyl (C=O) groups is 2. The van der Waals surface area contributed by atoms with Gasteiger partial charge >= 0.3 is 5.97 Å². The number of aromatic amines is 1. The molecule has 0 aliphatic carbocycles. The van der Waals surface area contributed by atoms with E-state index in [9.17, 15) is 9.59 Å². The molecule has 3 rings (SSSR count). The molecule has 0 saturated heterocycles. The van der Waals surface area contributed by atoms with Crippen LogP contribution in [0.1, 0.15) is 23.0 Å². The summed E-state index contributed by atoms with van der Waals surface area (Å²) < 4.78 is 0. The second kappa shape index (κ2) is 5.96. The van der Waals surface area contributed by atoms with Crippen molar-refractivity contribution in [3.8, 4) is 0 Å². The second-order valence-corrected chi connectivity index (χ2v) is 5.31. The maximum atomic E-state index is 12.0. The number of hydrogen-bond donors (Lipinski definition) is 2. The van der Waals surface area contributed by atoms with Gasteiger partial charge in [-0.3, -0.25) is 4.79 Å². The second-order valence-electron chi connectivity index (χ2n) is 5.31. The Morgan fingerprint density at radius 2 is 1.83 bits per heavy atom. The Morgan fingerprint density at radius 3 is 2.48 bits per heavy atom. The number of carboxylic acids is 1. The molecule has 2 N–H and O–H groups in total. The fraction of sp³-hybridized carbons (Fsp3) is 0.111. The molecule has 0 unspecified atom stereocenters. The van der Waals surface area contributed by atoms with Crippen molar-refractivity contribution in [3.05, 3.63) is 65.9 Å². The molecule has 1 heterocycles. The fourth-order valence-electron chi connectivity index (χ4n) is 2.63. The van der Waals surface area contributed by atoms with E-state index in [2.05, 4.69) is 4.98 Å². The quantitative estimate of drug-likeness (QED) is 0.775. The number of carboxylic acid groups (broad SMARTS) is 1. The van der Waals surface area contributed by atoms with Gasteiger partial charge < -0.3 is 15.0 Å². The zero-order valence-corrected chi connectivity index (χ0v) is 12.6. The molecule has 0 saturated carbocycles. The van der Waals surface area contributed by atoms with Crippen molar-refractivity contribution in [3.63, 3.8) is 0 Å². The molecule has 3 aromatic rings. The molecule has 0 aliphatic heterocycles. The number of amides is 1. The molecule has 0 radical (unpaired) electrons. The van der Waals surface area contributed by atoms with Crippen LogP contribution in [0.2, 0.25) is 0 Å². The first-order chi connectivity index (χ1) is 11.1. The number of nitrogens with one attached hydrogen (secondary N) is 1. The third kappa shape index (κ3) is 2.94. The first-order valence-electron chi connectivity index (χ1n) is 7.23. The summed E-state index contributed by atoms with van der Waals surface area (Å²) >= 11 is 0. The smallest absolute Gasteiger partial charge is 0.352 e. The number of benzene rings is 2. The minimum absolute atomic E-state index is 0.0674. The van der Waals surface area contributed by atoms with Gasteiger partial charge in [-0.2, -0.15) is 0 Å². The summed E-state index contributed by atoms with van der Waals surface area (Å²) in [5.74, 6) is -1.07. The van der Waals surface area contributed by atoms with Crippen LogP contribution in [0.5, 0.6) is 0 Å². The number of carbonyl (C=O) groups excluding carboxylic acids is 1. The maximum absolute atomic E-state index is 12.0. The molecule has 0 bridgehead atoms. The maximum Gasteiger partial charge on any atom is 0.352 e. The molecule has 5 nitrogen and oxygen atoms in total. The number of aromatic nitrogens is 1. The molecule has 5 heteroatoms. The SMILES string of the molecule is CC(=O)N(Cc1cccc2[nH]c(C(=O)O)cc12)c1ccccc1. The third-order valence-corrected chi connectivity index (χ3v) is 3.76. The highest BCUT2D eigenvalue weighted by Crippen LogP contribution is 2.24. The highest BCUT2D eigenvalue weighted by atomic mass is 16.4. The van der Waals surface area contributed by atoms with Crippen LogP contribution in [0.3, 0.4) is 0 Å². The molecule has 0 fully saturated rings. The summed E-state index contributed by atoms with van der Waals surface area (Å²) in [5, 5.41) is 9.94. The first kappa shape index (κ1) is 14.8. The highest BCUT2D eigenvalue weighted by Gasteiger charge is 2.15. The van der Waals surface area contributed by atoms with E-state index in [1.807, 2.05) is 48.5 Å². The summed E-state index contributed by atoms with van der Waals surface area (Å²) in [6, 6.07) is 16.6. The molecule has 0 atom stereocenters. The molecule has 23 heavy (non-hydrogen) atoms. The zero-order chi connectivity index (χ0) is 16.4. The Bertz CT molecular complexity index is 868. The van der Waals surface area contributed by atoms with E-state index in [-0.39, 0.29) is 11.6 Å². The van der Waals surface area contributed by atoms with Gasteiger partial charge in [-0.1, -0.05) is 30.3 Å². The minimum Gasteiger partial charge on any atom is -0.477 e. The van der Waals surface area contributed by atoms with Crippen LogP contribution in [-0.4, -0.2) is 22.0 Å². The van der Waals surface area contributed by atoms with Crippen LogP contribution >= 0.6 is 0 Å². The average molecular weight is 308 g/mol. The Kier molecular flexibility index (Phi) is 3.85. The van der Waals surface area contributed by atoms with Gasteiger partial charge in [0, 0.05) is 23.5 Å². The Balaban J connectivity index is 2.02. The van der Waals surface area contributed by atoms with Crippen molar-refractivity contribution in [2.45, 2.75) is 13.5 Å². The lowest BCUT2D eigenvalue weighted by atomic mass is 10.1. The third-order valence-electron chi connectivity index (χ3n) is 3.76.